The lowest BCUT2D eigenvalue weighted by Gasteiger charge is -2.34. The van der Waals surface area contributed by atoms with Crippen LogP contribution in [0.25, 0.3) is 0 Å². The van der Waals surface area contributed by atoms with Gasteiger partial charge in [-0.05, 0) is 31.3 Å². The molecule has 1 atom stereocenters. The Labute approximate surface area is 175 Å². The number of piperazine rings is 2. The normalized spacial score (nSPS) is 21.2. The number of hydrogen-bond donors (Lipinski definition) is 1. The topological polar surface area (TPSA) is 51.7 Å². The second-order valence-corrected chi connectivity index (χ2v) is 8.26. The lowest BCUT2D eigenvalue weighted by molar-refractivity contribution is 0.0497. The van der Waals surface area contributed by atoms with E-state index in [4.69, 9.17) is 9.47 Å². The van der Waals surface area contributed by atoms with Crippen molar-refractivity contribution in [3.05, 3.63) is 23.8 Å². The molecule has 2 saturated heterocycles. The van der Waals surface area contributed by atoms with Crippen molar-refractivity contribution < 1.29 is 14.6 Å². The number of aliphatic hydroxyl groups excluding tert-OH is 1. The number of benzene rings is 1. The van der Waals surface area contributed by atoms with Gasteiger partial charge >= 0.3 is 0 Å². The molecule has 0 bridgehead atoms. The monoisotopic (exact) mass is 406 g/mol. The predicted octanol–water partition coefficient (Wildman–Crippen LogP) is 0.820. The standard InChI is InChI=1S/C22H38N4O3/c1-4-24-11-13-25(14-12-24)16-19-5-6-21(28-3)22(15-19)29-18-20(27)17-26-9-7-23(2)8-10-26/h5-6,15,20,27H,4,7-14,16-18H2,1-3H3. The first-order chi connectivity index (χ1) is 14.1. The Bertz CT molecular complexity index is 614. The lowest BCUT2D eigenvalue weighted by Crippen LogP contribution is -2.47. The highest BCUT2D eigenvalue weighted by Crippen LogP contribution is 2.29. The summed E-state index contributed by atoms with van der Waals surface area (Å²) in [6.45, 7) is 13.8. The van der Waals surface area contributed by atoms with E-state index in [0.717, 1.165) is 76.9 Å². The summed E-state index contributed by atoms with van der Waals surface area (Å²) in [5, 5.41) is 10.4. The van der Waals surface area contributed by atoms with Gasteiger partial charge in [0.2, 0.25) is 0 Å². The van der Waals surface area contributed by atoms with E-state index < -0.39 is 6.10 Å². The van der Waals surface area contributed by atoms with Crippen LogP contribution >= 0.6 is 0 Å². The van der Waals surface area contributed by atoms with Gasteiger partial charge in [0, 0.05) is 65.4 Å². The van der Waals surface area contributed by atoms with Crippen molar-refractivity contribution in [2.24, 2.45) is 0 Å². The fourth-order valence-electron chi connectivity index (χ4n) is 4.02. The van der Waals surface area contributed by atoms with E-state index in [1.807, 2.05) is 6.07 Å². The summed E-state index contributed by atoms with van der Waals surface area (Å²) >= 11 is 0. The molecule has 1 unspecified atom stereocenters. The van der Waals surface area contributed by atoms with Gasteiger partial charge in [-0.25, -0.2) is 0 Å². The molecule has 164 valence electrons. The van der Waals surface area contributed by atoms with Crippen LogP contribution in [0, 0.1) is 0 Å². The first-order valence-electron chi connectivity index (χ1n) is 10.9. The zero-order valence-corrected chi connectivity index (χ0v) is 18.3. The molecule has 2 aliphatic heterocycles. The summed E-state index contributed by atoms with van der Waals surface area (Å²) in [5.74, 6) is 1.44. The van der Waals surface area contributed by atoms with Crippen molar-refractivity contribution in [3.8, 4) is 11.5 Å². The Balaban J connectivity index is 1.50. The summed E-state index contributed by atoms with van der Waals surface area (Å²) in [7, 11) is 3.80. The molecule has 2 heterocycles. The second-order valence-electron chi connectivity index (χ2n) is 8.26. The lowest BCUT2D eigenvalue weighted by atomic mass is 10.1. The molecule has 2 aliphatic rings. The van der Waals surface area contributed by atoms with E-state index >= 15 is 0 Å². The van der Waals surface area contributed by atoms with Crippen molar-refractivity contribution in [2.45, 2.75) is 19.6 Å². The third kappa shape index (κ3) is 6.83. The van der Waals surface area contributed by atoms with Crippen LogP contribution in [-0.2, 0) is 6.54 Å². The van der Waals surface area contributed by atoms with Crippen molar-refractivity contribution >= 4 is 0 Å². The second kappa shape index (κ2) is 11.1. The van der Waals surface area contributed by atoms with Gasteiger partial charge in [0.15, 0.2) is 11.5 Å². The number of nitrogens with zero attached hydrogens (tertiary/aromatic N) is 4. The summed E-state index contributed by atoms with van der Waals surface area (Å²) in [6, 6.07) is 6.14. The van der Waals surface area contributed by atoms with Gasteiger partial charge in [0.1, 0.15) is 12.7 Å². The Hall–Kier alpha value is -1.38. The molecular formula is C22H38N4O3. The van der Waals surface area contributed by atoms with Crippen LogP contribution < -0.4 is 9.47 Å². The van der Waals surface area contributed by atoms with E-state index in [9.17, 15) is 5.11 Å². The van der Waals surface area contributed by atoms with Crippen molar-refractivity contribution in [2.75, 3.05) is 86.2 Å². The average Bonchev–Trinajstić information content (AvgIpc) is 2.74. The molecule has 0 amide bonds. The van der Waals surface area contributed by atoms with E-state index in [0.29, 0.717) is 6.54 Å². The fourth-order valence-corrected chi connectivity index (χ4v) is 4.02. The molecule has 1 aromatic rings. The maximum atomic E-state index is 10.4. The van der Waals surface area contributed by atoms with Crippen molar-refractivity contribution in [3.63, 3.8) is 0 Å². The molecule has 0 radical (unpaired) electrons. The van der Waals surface area contributed by atoms with Gasteiger partial charge in [-0.1, -0.05) is 13.0 Å². The largest absolute Gasteiger partial charge is 0.493 e. The highest BCUT2D eigenvalue weighted by Gasteiger charge is 2.19. The number of hydrogen-bond acceptors (Lipinski definition) is 7. The summed E-state index contributed by atoms with van der Waals surface area (Å²) < 4.78 is 11.4. The van der Waals surface area contributed by atoms with Crippen molar-refractivity contribution in [1.29, 1.82) is 0 Å². The molecule has 1 N–H and O–H groups in total. The first kappa shape index (κ1) is 22.3. The molecule has 2 fully saturated rings. The van der Waals surface area contributed by atoms with Crippen LogP contribution in [0.15, 0.2) is 18.2 Å². The van der Waals surface area contributed by atoms with Gasteiger partial charge in [-0.2, -0.15) is 0 Å². The van der Waals surface area contributed by atoms with E-state index in [-0.39, 0.29) is 6.61 Å². The highest BCUT2D eigenvalue weighted by atomic mass is 16.5. The highest BCUT2D eigenvalue weighted by molar-refractivity contribution is 5.43. The minimum atomic E-state index is -0.506. The quantitative estimate of drug-likeness (QED) is 0.652. The fraction of sp³-hybridized carbons (Fsp3) is 0.727. The molecule has 1 aromatic carbocycles. The molecule has 29 heavy (non-hydrogen) atoms. The van der Waals surface area contributed by atoms with Crippen LogP contribution in [0.3, 0.4) is 0 Å². The van der Waals surface area contributed by atoms with E-state index in [2.05, 4.69) is 45.7 Å². The van der Waals surface area contributed by atoms with E-state index in [1.165, 1.54) is 5.56 Å². The van der Waals surface area contributed by atoms with Crippen LogP contribution in [0.2, 0.25) is 0 Å². The van der Waals surface area contributed by atoms with Crippen molar-refractivity contribution in [1.82, 2.24) is 19.6 Å². The van der Waals surface area contributed by atoms with Crippen LogP contribution in [0.4, 0.5) is 0 Å². The van der Waals surface area contributed by atoms with Crippen LogP contribution in [0.1, 0.15) is 12.5 Å². The number of β-amino-alcohol motifs (C(OH)–C–C–N with tert-alkyl or cyclic N) is 1. The van der Waals surface area contributed by atoms with Crippen LogP contribution in [0.5, 0.6) is 11.5 Å². The van der Waals surface area contributed by atoms with Gasteiger partial charge in [0.05, 0.1) is 7.11 Å². The number of rotatable bonds is 9. The minimum absolute atomic E-state index is 0.279. The molecule has 0 spiro atoms. The summed E-state index contributed by atoms with van der Waals surface area (Å²) in [4.78, 5) is 9.59. The van der Waals surface area contributed by atoms with Gasteiger partial charge < -0.3 is 24.4 Å². The Morgan fingerprint density at radius 1 is 0.931 bits per heavy atom. The molecule has 0 saturated carbocycles. The molecule has 0 aliphatic carbocycles. The maximum Gasteiger partial charge on any atom is 0.161 e. The van der Waals surface area contributed by atoms with Crippen LogP contribution in [-0.4, -0.2) is 117 Å². The Morgan fingerprint density at radius 2 is 1.59 bits per heavy atom. The summed E-state index contributed by atoms with van der Waals surface area (Å²) in [6.07, 6.45) is -0.506. The molecule has 7 heteroatoms. The van der Waals surface area contributed by atoms with E-state index in [1.54, 1.807) is 7.11 Å². The van der Waals surface area contributed by atoms with Gasteiger partial charge in [-0.15, -0.1) is 0 Å². The third-order valence-corrected chi connectivity index (χ3v) is 6.04. The average molecular weight is 407 g/mol. The maximum absolute atomic E-state index is 10.4. The number of aliphatic hydroxyl groups is 1. The molecule has 3 rings (SSSR count). The first-order valence-corrected chi connectivity index (χ1v) is 10.9. The zero-order chi connectivity index (χ0) is 20.6. The third-order valence-electron chi connectivity index (χ3n) is 6.04. The smallest absolute Gasteiger partial charge is 0.161 e. The number of methoxy groups -OCH3 is 1. The van der Waals surface area contributed by atoms with Gasteiger partial charge in [0.25, 0.3) is 0 Å². The predicted molar refractivity (Wildman–Crippen MR) is 116 cm³/mol. The number of ether oxygens (including phenoxy) is 2. The Morgan fingerprint density at radius 3 is 2.24 bits per heavy atom. The molecular weight excluding hydrogens is 368 g/mol. The van der Waals surface area contributed by atoms with Gasteiger partial charge in [-0.3, -0.25) is 9.80 Å². The minimum Gasteiger partial charge on any atom is -0.493 e. The SMILES string of the molecule is CCN1CCN(Cc2ccc(OC)c(OCC(O)CN3CCN(C)CC3)c2)CC1. The molecule has 7 nitrogen and oxygen atoms in total. The Kier molecular flexibility index (Phi) is 8.56. The zero-order valence-electron chi connectivity index (χ0n) is 18.3. The number of likely N-dealkylation sites (N-methyl/N-ethyl adjacent to an activating group) is 2. The summed E-state index contributed by atoms with van der Waals surface area (Å²) in [5.41, 5.74) is 1.22. The molecule has 0 aromatic heterocycles.